The zero-order valence-corrected chi connectivity index (χ0v) is 14.8. The van der Waals surface area contributed by atoms with Crippen molar-refractivity contribution in [2.24, 2.45) is 0 Å². The Morgan fingerprint density at radius 3 is 2.33 bits per heavy atom. The molecule has 0 amide bonds. The number of hydrogen-bond donors (Lipinski definition) is 1. The first kappa shape index (κ1) is 17.8. The number of carboxylic acid groups (broad SMARTS) is 1. The molecular weight excluding hydrogens is 483 g/mol. The molecule has 2 aromatic carbocycles. The standard InChI is InChI=1S/C13H8N.C6H5NO2.Pt/c1-2-6-12-10(4-1)7-8-11-5-3-9-14-13(11)12;8-6(9)5-3-1-2-4-7-5;/h1-5,7-9H;1-4H,(H,8,9);/q-1;;. The Hall–Kier alpha value is -2.58. The molecule has 0 aliphatic carbocycles. The maximum Gasteiger partial charge on any atom is 0.354 e. The smallest absolute Gasteiger partial charge is 0.354 e. The van der Waals surface area contributed by atoms with Crippen LogP contribution in [-0.2, 0) is 21.1 Å². The summed E-state index contributed by atoms with van der Waals surface area (Å²) in [7, 11) is 0. The van der Waals surface area contributed by atoms with Gasteiger partial charge in [0.15, 0.2) is 0 Å². The van der Waals surface area contributed by atoms with Gasteiger partial charge in [0.05, 0.1) is 0 Å². The molecular formula is C19H13N2O2Pt-. The fourth-order valence-corrected chi connectivity index (χ4v) is 2.22. The Bertz CT molecular complexity index is 904. The monoisotopic (exact) mass is 496 g/mol. The maximum atomic E-state index is 10.1. The molecule has 0 fully saturated rings. The van der Waals surface area contributed by atoms with Crippen molar-refractivity contribution in [3.05, 3.63) is 84.8 Å². The molecule has 0 atom stereocenters. The molecule has 2 aromatic heterocycles. The number of nitrogens with zero attached hydrogens (tertiary/aromatic N) is 2. The second-order valence-corrected chi connectivity index (χ2v) is 4.80. The van der Waals surface area contributed by atoms with Crippen molar-refractivity contribution >= 4 is 27.6 Å². The van der Waals surface area contributed by atoms with E-state index in [2.05, 4.69) is 40.3 Å². The molecule has 4 aromatic rings. The van der Waals surface area contributed by atoms with E-state index in [0.717, 1.165) is 10.9 Å². The van der Waals surface area contributed by atoms with Gasteiger partial charge in [0.1, 0.15) is 5.69 Å². The van der Waals surface area contributed by atoms with Crippen LogP contribution in [-0.4, -0.2) is 21.0 Å². The number of carbonyl (C=O) groups is 1. The quantitative estimate of drug-likeness (QED) is 0.320. The van der Waals surface area contributed by atoms with E-state index in [1.807, 2.05) is 24.4 Å². The molecule has 0 spiro atoms. The molecule has 2 heterocycles. The van der Waals surface area contributed by atoms with Crippen LogP contribution in [0.4, 0.5) is 0 Å². The summed E-state index contributed by atoms with van der Waals surface area (Å²) in [6.45, 7) is 0. The molecule has 0 unspecified atom stereocenters. The van der Waals surface area contributed by atoms with Crippen LogP contribution in [0.3, 0.4) is 0 Å². The van der Waals surface area contributed by atoms with Crippen molar-refractivity contribution in [3.8, 4) is 0 Å². The predicted molar refractivity (Wildman–Crippen MR) is 89.3 cm³/mol. The summed E-state index contributed by atoms with van der Waals surface area (Å²) in [6.07, 6.45) is 3.27. The molecule has 0 radical (unpaired) electrons. The summed E-state index contributed by atoms with van der Waals surface area (Å²) in [5, 5.41) is 11.8. The van der Waals surface area contributed by atoms with Crippen molar-refractivity contribution in [1.82, 2.24) is 9.97 Å². The summed E-state index contributed by atoms with van der Waals surface area (Å²) in [5.74, 6) is -0.990. The first-order valence-electron chi connectivity index (χ1n) is 7.04. The molecule has 1 N–H and O–H groups in total. The fraction of sp³-hybridized carbons (Fsp3) is 0. The van der Waals surface area contributed by atoms with Gasteiger partial charge in [-0.3, -0.25) is 0 Å². The molecule has 0 aliphatic rings. The Balaban J connectivity index is 0.000000183. The minimum atomic E-state index is -0.990. The third-order valence-corrected chi connectivity index (χ3v) is 3.29. The average Bonchev–Trinajstić information content (AvgIpc) is 2.63. The molecule has 122 valence electrons. The maximum absolute atomic E-state index is 10.1. The van der Waals surface area contributed by atoms with Gasteiger partial charge in [-0.1, -0.05) is 24.3 Å². The van der Waals surface area contributed by atoms with E-state index in [1.54, 1.807) is 12.1 Å². The molecule has 0 saturated heterocycles. The summed E-state index contributed by atoms with van der Waals surface area (Å²) in [6, 6.07) is 22.2. The SMILES string of the molecule is O=C(O)c1ccccn1.[Pt].[c-]1cccc2ccc3cccnc3c12. The Morgan fingerprint density at radius 2 is 1.62 bits per heavy atom. The van der Waals surface area contributed by atoms with E-state index in [4.69, 9.17) is 5.11 Å². The molecule has 0 bridgehead atoms. The van der Waals surface area contributed by atoms with E-state index in [0.29, 0.717) is 0 Å². The zero-order valence-electron chi connectivity index (χ0n) is 12.5. The van der Waals surface area contributed by atoms with Crippen LogP contribution in [0.2, 0.25) is 0 Å². The second-order valence-electron chi connectivity index (χ2n) is 4.80. The zero-order chi connectivity index (χ0) is 16.1. The average molecular weight is 496 g/mol. The van der Waals surface area contributed by atoms with E-state index in [9.17, 15) is 4.79 Å². The summed E-state index contributed by atoms with van der Waals surface area (Å²) >= 11 is 0. The first-order chi connectivity index (χ1) is 11.3. The van der Waals surface area contributed by atoms with Gasteiger partial charge in [-0.05, 0) is 29.1 Å². The molecule has 4 nitrogen and oxygen atoms in total. The number of hydrogen-bond acceptors (Lipinski definition) is 3. The Morgan fingerprint density at radius 1 is 0.875 bits per heavy atom. The largest absolute Gasteiger partial charge is 0.477 e. The fourth-order valence-electron chi connectivity index (χ4n) is 2.22. The second kappa shape index (κ2) is 8.32. The minimum Gasteiger partial charge on any atom is -0.477 e. The van der Waals surface area contributed by atoms with E-state index < -0.39 is 5.97 Å². The van der Waals surface area contributed by atoms with Gasteiger partial charge < -0.3 is 10.1 Å². The third kappa shape index (κ3) is 4.03. The minimum absolute atomic E-state index is 0. The van der Waals surface area contributed by atoms with Crippen LogP contribution in [0.15, 0.2) is 73.1 Å². The number of aromatic nitrogens is 2. The van der Waals surface area contributed by atoms with Gasteiger partial charge in [0.25, 0.3) is 0 Å². The number of pyridine rings is 2. The van der Waals surface area contributed by atoms with Crippen molar-refractivity contribution in [1.29, 1.82) is 0 Å². The number of benzene rings is 2. The van der Waals surface area contributed by atoms with E-state index >= 15 is 0 Å². The van der Waals surface area contributed by atoms with Gasteiger partial charge in [-0.25, -0.2) is 9.78 Å². The van der Waals surface area contributed by atoms with Crippen LogP contribution in [0.25, 0.3) is 21.7 Å². The Kier molecular flexibility index (Phi) is 6.16. The van der Waals surface area contributed by atoms with E-state index in [-0.39, 0.29) is 26.8 Å². The van der Waals surface area contributed by atoms with Gasteiger partial charge in [0, 0.05) is 33.5 Å². The summed E-state index contributed by atoms with van der Waals surface area (Å²) in [4.78, 5) is 18.1. The normalized spacial score (nSPS) is 9.67. The Labute approximate surface area is 153 Å². The predicted octanol–water partition coefficient (Wildman–Crippen LogP) is 3.97. The van der Waals surface area contributed by atoms with Gasteiger partial charge >= 0.3 is 5.97 Å². The van der Waals surface area contributed by atoms with Crippen LogP contribution in [0.5, 0.6) is 0 Å². The number of aromatic carboxylic acids is 1. The molecule has 4 rings (SSSR count). The van der Waals surface area contributed by atoms with Crippen LogP contribution in [0, 0.1) is 6.07 Å². The molecule has 0 saturated carbocycles. The van der Waals surface area contributed by atoms with Crippen molar-refractivity contribution in [2.45, 2.75) is 0 Å². The number of fused-ring (bicyclic) bond motifs is 3. The van der Waals surface area contributed by atoms with Crippen LogP contribution in [0.1, 0.15) is 10.5 Å². The molecule has 24 heavy (non-hydrogen) atoms. The van der Waals surface area contributed by atoms with E-state index in [1.165, 1.54) is 23.0 Å². The number of carboxylic acids is 1. The van der Waals surface area contributed by atoms with Gasteiger partial charge in [0.2, 0.25) is 0 Å². The van der Waals surface area contributed by atoms with Crippen molar-refractivity contribution < 1.29 is 31.0 Å². The molecule has 0 aliphatic heterocycles. The van der Waals surface area contributed by atoms with Crippen LogP contribution < -0.4 is 0 Å². The third-order valence-electron chi connectivity index (χ3n) is 3.29. The van der Waals surface area contributed by atoms with Gasteiger partial charge in [-0.15, -0.1) is 35.0 Å². The number of rotatable bonds is 1. The van der Waals surface area contributed by atoms with Crippen molar-refractivity contribution in [2.75, 3.05) is 0 Å². The van der Waals surface area contributed by atoms with Gasteiger partial charge in [-0.2, -0.15) is 0 Å². The van der Waals surface area contributed by atoms with Crippen molar-refractivity contribution in [3.63, 3.8) is 0 Å². The first-order valence-corrected chi connectivity index (χ1v) is 7.04. The molecule has 5 heteroatoms. The topological polar surface area (TPSA) is 63.1 Å². The van der Waals surface area contributed by atoms with Crippen LogP contribution >= 0.6 is 0 Å². The summed E-state index contributed by atoms with van der Waals surface area (Å²) in [5.41, 5.74) is 1.11. The summed E-state index contributed by atoms with van der Waals surface area (Å²) < 4.78 is 0.